The fraction of sp³-hybridized carbons (Fsp3) is 1.00. The zero-order valence-electron chi connectivity index (χ0n) is 4.86. The number of rotatable bonds is 1. The van der Waals surface area contributed by atoms with Crippen LogP contribution in [0.1, 0.15) is 0 Å². The van der Waals surface area contributed by atoms with Crippen molar-refractivity contribution < 1.29 is 4.21 Å². The summed E-state index contributed by atoms with van der Waals surface area (Å²) >= 11 is 0. The first-order valence-corrected chi connectivity index (χ1v) is 5.80. The maximum Gasteiger partial charge on any atom is 0.205 e. The van der Waals surface area contributed by atoms with Crippen molar-refractivity contribution in [2.75, 3.05) is 20.0 Å². The third-order valence-corrected chi connectivity index (χ3v) is 4.93. The maximum absolute atomic E-state index is 5.19. The average Bonchev–Trinajstić information content (AvgIpc) is 1.35. The molecule has 0 bridgehead atoms. The minimum absolute atomic E-state index is 0.835. The fourth-order valence-corrected chi connectivity index (χ4v) is 0. The van der Waals surface area contributed by atoms with Crippen LogP contribution in [0.15, 0.2) is 0 Å². The van der Waals surface area contributed by atoms with Crippen molar-refractivity contribution in [1.29, 1.82) is 0 Å². The molecule has 0 radical (unpaired) electrons. The van der Waals surface area contributed by atoms with E-state index in [1.165, 1.54) is 0 Å². The maximum atomic E-state index is 5.19. The summed E-state index contributed by atoms with van der Waals surface area (Å²) in [5.74, 6) is 0. The predicted octanol–water partition coefficient (Wildman–Crippen LogP) is 0.105. The Morgan fingerprint density at radius 2 is 1.50 bits per heavy atom. The van der Waals surface area contributed by atoms with Crippen molar-refractivity contribution in [2.24, 2.45) is 0 Å². The van der Waals surface area contributed by atoms with Gasteiger partial charge in [-0.25, -0.2) is 0 Å². The Labute approximate surface area is 43.0 Å². The van der Waals surface area contributed by atoms with Gasteiger partial charge in [0.2, 0.25) is 10.5 Å². The number of hydrogen-bond acceptors (Lipinski definition) is 1. The topological polar surface area (TPSA) is 9.23 Å². The molecule has 0 aliphatic rings. The van der Waals surface area contributed by atoms with Crippen LogP contribution in [0.3, 0.4) is 0 Å². The van der Waals surface area contributed by atoms with Crippen molar-refractivity contribution in [1.82, 2.24) is 0 Å². The first-order valence-electron chi connectivity index (χ1n) is 1.93. The normalized spacial score (nSPS) is 12.5. The molecule has 3 heteroatoms. The minimum Gasteiger partial charge on any atom is -0.297 e. The van der Waals surface area contributed by atoms with Gasteiger partial charge in [0.25, 0.3) is 0 Å². The fourth-order valence-electron chi connectivity index (χ4n) is 0. The van der Waals surface area contributed by atoms with Crippen LogP contribution in [0.5, 0.6) is 0 Å². The molecule has 0 aliphatic carbocycles. The second-order valence-electron chi connectivity index (χ2n) is 2.07. The quantitative estimate of drug-likeness (QED) is 0.355. The molecular weight excluding hydrogens is 111 g/mol. The lowest BCUT2D eigenvalue weighted by atomic mass is 11.9. The van der Waals surface area contributed by atoms with Gasteiger partial charge in [0.05, 0.1) is 20.0 Å². The predicted molar refractivity (Wildman–Crippen MR) is 35.7 cm³/mol. The first-order chi connectivity index (χ1) is 2.56. The van der Waals surface area contributed by atoms with Gasteiger partial charge < -0.3 is 0 Å². The molecule has 0 rings (SSSR count). The van der Waals surface area contributed by atoms with Crippen LogP contribution >= 0.6 is 7.49 Å². The van der Waals surface area contributed by atoms with E-state index in [1.54, 1.807) is 0 Å². The van der Waals surface area contributed by atoms with Crippen molar-refractivity contribution in [2.45, 2.75) is 0 Å². The van der Waals surface area contributed by atoms with E-state index in [0.717, 1.165) is 10.5 Å². The summed E-state index contributed by atoms with van der Waals surface area (Å²) in [6.45, 7) is 6.50. The molecule has 0 saturated carbocycles. The molecule has 0 aromatic carbocycles. The van der Waals surface area contributed by atoms with Gasteiger partial charge in [0, 0.05) is 0 Å². The summed E-state index contributed by atoms with van der Waals surface area (Å²) in [6.07, 6.45) is 0. The smallest absolute Gasteiger partial charge is 0.205 e. The van der Waals surface area contributed by atoms with Crippen LogP contribution in [-0.4, -0.2) is 30.5 Å². The van der Waals surface area contributed by atoms with Gasteiger partial charge in [0.15, 0.2) is 0 Å². The van der Waals surface area contributed by atoms with E-state index in [4.69, 9.17) is 4.21 Å². The third kappa shape index (κ3) is 4.61. The van der Waals surface area contributed by atoms with Crippen LogP contribution in [0, 0.1) is 0 Å². The summed E-state index contributed by atoms with van der Waals surface area (Å²) in [4.78, 5) is 0. The van der Waals surface area contributed by atoms with E-state index in [-0.39, 0.29) is 0 Å². The standard InChI is InChI=1S/C3H12OPSi/c1-5(2,3)4-6/h1-3,6H3/q+1. The van der Waals surface area contributed by atoms with Gasteiger partial charge in [-0.05, 0) is 0 Å². The summed E-state index contributed by atoms with van der Waals surface area (Å²) in [6, 6.07) is 0. The summed E-state index contributed by atoms with van der Waals surface area (Å²) in [7, 11) is 0.0625. The Hall–Kier alpha value is 0.607. The summed E-state index contributed by atoms with van der Waals surface area (Å²) in [5.41, 5.74) is 0. The molecule has 0 atom stereocenters. The molecule has 6 heavy (non-hydrogen) atoms. The highest BCUT2D eigenvalue weighted by Crippen LogP contribution is 2.45. The Balaban J connectivity index is 3.17. The van der Waals surface area contributed by atoms with Crippen molar-refractivity contribution in [3.8, 4) is 0 Å². The van der Waals surface area contributed by atoms with Crippen molar-refractivity contribution >= 4 is 18.0 Å². The lowest BCUT2D eigenvalue weighted by Crippen LogP contribution is -1.85. The zero-order valence-corrected chi connectivity index (χ0v) is 7.75. The molecule has 0 heterocycles. The number of hydrogen-bond donors (Lipinski definition) is 0. The highest BCUT2D eigenvalue weighted by atomic mass is 31.2. The van der Waals surface area contributed by atoms with E-state index in [1.807, 2.05) is 0 Å². The minimum atomic E-state index is -0.835. The van der Waals surface area contributed by atoms with E-state index in [9.17, 15) is 0 Å². The van der Waals surface area contributed by atoms with Crippen molar-refractivity contribution in [3.63, 3.8) is 0 Å². The monoisotopic (exact) mass is 123 g/mol. The van der Waals surface area contributed by atoms with E-state index in [2.05, 4.69) is 20.0 Å². The average molecular weight is 123 g/mol. The Kier molecular flexibility index (Phi) is 2.26. The molecule has 0 saturated heterocycles. The Morgan fingerprint density at radius 1 is 1.33 bits per heavy atom. The molecule has 0 aromatic rings. The van der Waals surface area contributed by atoms with Crippen LogP contribution in [-0.2, 0) is 4.21 Å². The largest absolute Gasteiger partial charge is 0.297 e. The molecule has 0 N–H and O–H groups in total. The lowest BCUT2D eigenvalue weighted by molar-refractivity contribution is 0.680. The van der Waals surface area contributed by atoms with Gasteiger partial charge in [-0.15, -0.1) is 0 Å². The van der Waals surface area contributed by atoms with Gasteiger partial charge in [-0.1, -0.05) is 0 Å². The molecule has 38 valence electrons. The van der Waals surface area contributed by atoms with Gasteiger partial charge in [-0.3, -0.25) is 4.21 Å². The highest BCUT2D eigenvalue weighted by Gasteiger charge is 2.12. The van der Waals surface area contributed by atoms with E-state index in [0.29, 0.717) is 0 Å². The first kappa shape index (κ1) is 6.61. The molecule has 1 nitrogen and oxygen atoms in total. The van der Waals surface area contributed by atoms with Crippen LogP contribution < -0.4 is 0 Å². The SMILES string of the molecule is C[P+](C)(C)O[SiH3]. The molecular formula is C3H12OPSi+. The van der Waals surface area contributed by atoms with Crippen LogP contribution in [0.4, 0.5) is 0 Å². The second kappa shape index (κ2) is 2.06. The highest BCUT2D eigenvalue weighted by molar-refractivity contribution is 7.69. The van der Waals surface area contributed by atoms with E-state index < -0.39 is 7.49 Å². The molecule has 0 fully saturated rings. The molecule has 0 aromatic heterocycles. The molecule has 0 aliphatic heterocycles. The van der Waals surface area contributed by atoms with Gasteiger partial charge in [0.1, 0.15) is 7.49 Å². The van der Waals surface area contributed by atoms with Crippen molar-refractivity contribution in [3.05, 3.63) is 0 Å². The second-order valence-corrected chi connectivity index (χ2v) is 7.31. The zero-order chi connectivity index (χ0) is 5.21. The Bertz CT molecular complexity index is 40.5. The molecule has 0 amide bonds. The van der Waals surface area contributed by atoms with Crippen LogP contribution in [0.2, 0.25) is 0 Å². The van der Waals surface area contributed by atoms with Gasteiger partial charge in [-0.2, -0.15) is 0 Å². The Morgan fingerprint density at radius 3 is 1.50 bits per heavy atom. The lowest BCUT2D eigenvalue weighted by Gasteiger charge is -2.05. The van der Waals surface area contributed by atoms with E-state index >= 15 is 0 Å². The van der Waals surface area contributed by atoms with Gasteiger partial charge >= 0.3 is 0 Å². The molecule has 0 unspecified atom stereocenters. The summed E-state index contributed by atoms with van der Waals surface area (Å²) in [5, 5.41) is 0. The molecule has 0 spiro atoms. The summed E-state index contributed by atoms with van der Waals surface area (Å²) < 4.78 is 5.19. The van der Waals surface area contributed by atoms with Crippen LogP contribution in [0.25, 0.3) is 0 Å². The third-order valence-electron chi connectivity index (χ3n) is 0.548.